The highest BCUT2D eigenvalue weighted by atomic mass is 16.5. The summed E-state index contributed by atoms with van der Waals surface area (Å²) >= 11 is 0. The number of hydrogen-bond acceptors (Lipinski definition) is 7. The second kappa shape index (κ2) is 9.83. The number of nitrogens with one attached hydrogen (secondary N) is 1. The summed E-state index contributed by atoms with van der Waals surface area (Å²) in [7, 11) is 1.60. The van der Waals surface area contributed by atoms with Gasteiger partial charge in [-0.1, -0.05) is 41.6 Å². The van der Waals surface area contributed by atoms with E-state index >= 15 is 0 Å². The SMILES string of the molecule is COc1ccc(C(C)NC(=O)Cn2c(=O)cc(-c3nc(-c4ccccn4)no3)c3ccccc32)cc1. The van der Waals surface area contributed by atoms with Crippen molar-refractivity contribution in [1.82, 2.24) is 25.0 Å². The van der Waals surface area contributed by atoms with E-state index in [0.29, 0.717) is 28.0 Å². The Kier molecular flexibility index (Phi) is 6.27. The molecule has 1 atom stereocenters. The van der Waals surface area contributed by atoms with Crippen LogP contribution >= 0.6 is 0 Å². The van der Waals surface area contributed by atoms with Crippen LogP contribution in [0.15, 0.2) is 88.3 Å². The van der Waals surface area contributed by atoms with E-state index in [0.717, 1.165) is 11.3 Å². The van der Waals surface area contributed by atoms with Gasteiger partial charge in [0.25, 0.3) is 11.4 Å². The summed E-state index contributed by atoms with van der Waals surface area (Å²) in [6, 6.07) is 21.3. The highest BCUT2D eigenvalue weighted by molar-refractivity contribution is 5.93. The van der Waals surface area contributed by atoms with E-state index in [2.05, 4.69) is 20.4 Å². The highest BCUT2D eigenvalue weighted by Gasteiger charge is 2.19. The molecule has 3 heterocycles. The van der Waals surface area contributed by atoms with Gasteiger partial charge in [0.1, 0.15) is 18.0 Å². The predicted octanol–water partition coefficient (Wildman–Crippen LogP) is 4.00. The lowest BCUT2D eigenvalue weighted by molar-refractivity contribution is -0.122. The molecule has 0 saturated heterocycles. The number of hydrogen-bond donors (Lipinski definition) is 1. The molecule has 3 aromatic heterocycles. The van der Waals surface area contributed by atoms with Crippen molar-refractivity contribution in [2.24, 2.45) is 0 Å². The first-order valence-corrected chi connectivity index (χ1v) is 11.3. The standard InChI is InChI=1S/C27H23N5O4/c1-17(18-10-12-19(35-2)13-11-18)29-24(33)16-32-23-9-4-3-7-20(23)21(15-25(32)34)27-30-26(31-36-27)22-8-5-6-14-28-22/h3-15,17H,16H2,1-2H3,(H,29,33). The number of carbonyl (C=O) groups excluding carboxylic acids is 1. The number of ether oxygens (including phenoxy) is 1. The lowest BCUT2D eigenvalue weighted by atomic mass is 10.1. The Morgan fingerprint density at radius 2 is 1.86 bits per heavy atom. The molecule has 0 fully saturated rings. The smallest absolute Gasteiger partial charge is 0.259 e. The summed E-state index contributed by atoms with van der Waals surface area (Å²) in [5.41, 5.74) is 2.22. The minimum Gasteiger partial charge on any atom is -0.497 e. The van der Waals surface area contributed by atoms with Gasteiger partial charge in [-0.25, -0.2) is 0 Å². The van der Waals surface area contributed by atoms with Gasteiger partial charge in [-0.05, 0) is 42.8 Å². The minimum absolute atomic E-state index is 0.136. The summed E-state index contributed by atoms with van der Waals surface area (Å²) in [5, 5.41) is 7.68. The lowest BCUT2D eigenvalue weighted by Crippen LogP contribution is -2.34. The summed E-state index contributed by atoms with van der Waals surface area (Å²) in [4.78, 5) is 34.7. The molecule has 180 valence electrons. The first-order valence-electron chi connectivity index (χ1n) is 11.3. The average Bonchev–Trinajstić information content (AvgIpc) is 3.41. The Morgan fingerprint density at radius 3 is 2.61 bits per heavy atom. The third-order valence-electron chi connectivity index (χ3n) is 5.86. The van der Waals surface area contributed by atoms with Gasteiger partial charge in [0, 0.05) is 17.6 Å². The van der Waals surface area contributed by atoms with Gasteiger partial charge in [-0.2, -0.15) is 4.98 Å². The largest absolute Gasteiger partial charge is 0.497 e. The van der Waals surface area contributed by atoms with Crippen LogP contribution in [0, 0.1) is 0 Å². The fraction of sp³-hybridized carbons (Fsp3) is 0.148. The Labute approximate surface area is 206 Å². The number of amides is 1. The quantitative estimate of drug-likeness (QED) is 0.374. The van der Waals surface area contributed by atoms with Gasteiger partial charge >= 0.3 is 0 Å². The number of nitrogens with zero attached hydrogens (tertiary/aromatic N) is 4. The van der Waals surface area contributed by atoms with Crippen molar-refractivity contribution in [2.45, 2.75) is 19.5 Å². The lowest BCUT2D eigenvalue weighted by Gasteiger charge is -2.17. The molecule has 5 aromatic rings. The van der Waals surface area contributed by atoms with Crippen LogP contribution in [0.3, 0.4) is 0 Å². The third kappa shape index (κ3) is 4.58. The number of methoxy groups -OCH3 is 1. The summed E-state index contributed by atoms with van der Waals surface area (Å²) < 4.78 is 12.1. The van der Waals surface area contributed by atoms with Crippen LogP contribution in [-0.2, 0) is 11.3 Å². The number of fused-ring (bicyclic) bond motifs is 1. The molecule has 1 unspecified atom stereocenters. The normalized spacial score (nSPS) is 11.8. The van der Waals surface area contributed by atoms with Crippen LogP contribution in [0.4, 0.5) is 0 Å². The molecule has 0 radical (unpaired) electrons. The Hall–Kier alpha value is -4.79. The number of pyridine rings is 2. The Balaban J connectivity index is 1.43. The second-order valence-electron chi connectivity index (χ2n) is 8.20. The van der Waals surface area contributed by atoms with Crippen molar-refractivity contribution in [2.75, 3.05) is 7.11 Å². The van der Waals surface area contributed by atoms with Crippen LogP contribution in [-0.4, -0.2) is 32.7 Å². The number of rotatable bonds is 7. The van der Waals surface area contributed by atoms with Gasteiger partial charge in [0.05, 0.1) is 24.2 Å². The van der Waals surface area contributed by atoms with Crippen LogP contribution in [0.2, 0.25) is 0 Å². The van der Waals surface area contributed by atoms with E-state index in [1.807, 2.05) is 55.5 Å². The number of carbonyl (C=O) groups is 1. The van der Waals surface area contributed by atoms with E-state index in [1.165, 1.54) is 10.6 Å². The zero-order valence-corrected chi connectivity index (χ0v) is 19.7. The van der Waals surface area contributed by atoms with Crippen LogP contribution in [0.5, 0.6) is 5.75 Å². The molecule has 5 rings (SSSR count). The van der Waals surface area contributed by atoms with Crippen molar-refractivity contribution in [3.05, 3.63) is 94.9 Å². The van der Waals surface area contributed by atoms with Gasteiger partial charge in [0.2, 0.25) is 11.7 Å². The predicted molar refractivity (Wildman–Crippen MR) is 134 cm³/mol. The second-order valence-corrected chi connectivity index (χ2v) is 8.20. The summed E-state index contributed by atoms with van der Waals surface area (Å²) in [5.74, 6) is 0.983. The maximum atomic E-state index is 13.1. The van der Waals surface area contributed by atoms with Crippen molar-refractivity contribution >= 4 is 16.8 Å². The van der Waals surface area contributed by atoms with Crippen LogP contribution in [0.25, 0.3) is 33.9 Å². The molecule has 0 saturated carbocycles. The van der Waals surface area contributed by atoms with Gasteiger partial charge in [0.15, 0.2) is 0 Å². The zero-order valence-electron chi connectivity index (χ0n) is 19.7. The van der Waals surface area contributed by atoms with Crippen molar-refractivity contribution in [3.63, 3.8) is 0 Å². The average molecular weight is 482 g/mol. The molecule has 1 N–H and O–H groups in total. The van der Waals surface area contributed by atoms with Gasteiger partial charge < -0.3 is 14.6 Å². The maximum Gasteiger partial charge on any atom is 0.259 e. The van der Waals surface area contributed by atoms with Crippen molar-refractivity contribution < 1.29 is 14.1 Å². The number of para-hydroxylation sites is 1. The van der Waals surface area contributed by atoms with Gasteiger partial charge in [-0.3, -0.25) is 19.1 Å². The van der Waals surface area contributed by atoms with Gasteiger partial charge in [-0.15, -0.1) is 0 Å². The van der Waals surface area contributed by atoms with Crippen LogP contribution in [0.1, 0.15) is 18.5 Å². The first kappa shape index (κ1) is 23.0. The monoisotopic (exact) mass is 481 g/mol. The van der Waals surface area contributed by atoms with E-state index in [9.17, 15) is 9.59 Å². The molecule has 0 aliphatic heterocycles. The van der Waals surface area contributed by atoms with E-state index in [-0.39, 0.29) is 29.9 Å². The maximum absolute atomic E-state index is 13.1. The molecule has 9 nitrogen and oxygen atoms in total. The van der Waals surface area contributed by atoms with Crippen LogP contribution < -0.4 is 15.6 Å². The van der Waals surface area contributed by atoms with Crippen molar-refractivity contribution in [1.29, 1.82) is 0 Å². The molecule has 0 aliphatic rings. The van der Waals surface area contributed by atoms with E-state index < -0.39 is 0 Å². The van der Waals surface area contributed by atoms with Crippen molar-refractivity contribution in [3.8, 4) is 28.7 Å². The molecule has 2 aromatic carbocycles. The topological polar surface area (TPSA) is 112 Å². The van der Waals surface area contributed by atoms with E-state index in [4.69, 9.17) is 9.26 Å². The highest BCUT2D eigenvalue weighted by Crippen LogP contribution is 2.27. The molecule has 1 amide bonds. The number of aromatic nitrogens is 4. The zero-order chi connectivity index (χ0) is 25.1. The molecular formula is C27H23N5O4. The molecular weight excluding hydrogens is 458 g/mol. The van der Waals surface area contributed by atoms with E-state index in [1.54, 1.807) is 31.5 Å². The third-order valence-corrected chi connectivity index (χ3v) is 5.86. The molecule has 0 spiro atoms. The fourth-order valence-electron chi connectivity index (χ4n) is 4.01. The Bertz CT molecular complexity index is 1580. The first-order chi connectivity index (χ1) is 17.5. The molecule has 9 heteroatoms. The molecule has 36 heavy (non-hydrogen) atoms. The minimum atomic E-state index is -0.353. The molecule has 0 bridgehead atoms. The summed E-state index contributed by atoms with van der Waals surface area (Å²) in [6.45, 7) is 1.75. The molecule has 0 aliphatic carbocycles. The summed E-state index contributed by atoms with van der Waals surface area (Å²) in [6.07, 6.45) is 1.64. The Morgan fingerprint density at radius 1 is 1.08 bits per heavy atom. The number of benzene rings is 2. The fourth-order valence-corrected chi connectivity index (χ4v) is 4.01.